The number of nitrogens with zero attached hydrogens (tertiary/aromatic N) is 2. The lowest BCUT2D eigenvalue weighted by atomic mass is 10.0. The number of hydrogen-bond donors (Lipinski definition) is 0. The minimum absolute atomic E-state index is 1.11. The van der Waals surface area contributed by atoms with Crippen LogP contribution in [0.4, 0.5) is 17.1 Å². The number of thiophene rings is 1. The Kier molecular flexibility index (Phi) is 8.43. The molecule has 2 aromatic heterocycles. The van der Waals surface area contributed by atoms with Gasteiger partial charge in [0.25, 0.3) is 0 Å². The average molecular weight is 789 g/mol. The maximum atomic E-state index is 4.05. The predicted octanol–water partition coefficient (Wildman–Crippen LogP) is 12.3. The molecule has 0 amide bonds. The second kappa shape index (κ2) is 14.1. The summed E-state index contributed by atoms with van der Waals surface area (Å²) in [6.07, 6.45) is 6.14. The molecular weight excluding hydrogens is 749 g/mol. The van der Waals surface area contributed by atoms with Crippen LogP contribution in [0, 0.1) is 6.92 Å². The van der Waals surface area contributed by atoms with Gasteiger partial charge in [0.2, 0.25) is 0 Å². The fourth-order valence-electron chi connectivity index (χ4n) is 9.82. The van der Waals surface area contributed by atoms with Gasteiger partial charge >= 0.3 is 0 Å². The van der Waals surface area contributed by atoms with Gasteiger partial charge in [0.15, 0.2) is 8.07 Å². The van der Waals surface area contributed by atoms with Crippen LogP contribution in [0.5, 0.6) is 0 Å². The van der Waals surface area contributed by atoms with E-state index in [0.717, 1.165) is 28.3 Å². The van der Waals surface area contributed by atoms with Crippen LogP contribution in [-0.4, -0.2) is 12.6 Å². The summed E-state index contributed by atoms with van der Waals surface area (Å²) < 4.78 is 5.10. The van der Waals surface area contributed by atoms with E-state index >= 15 is 0 Å². The molecule has 0 unspecified atom stereocenters. The molecule has 0 aliphatic carbocycles. The summed E-state index contributed by atoms with van der Waals surface area (Å²) in [6.45, 7) is 6.28. The van der Waals surface area contributed by atoms with Crippen molar-refractivity contribution in [3.63, 3.8) is 0 Å². The Hall–Kier alpha value is -6.98. The molecule has 0 N–H and O–H groups in total. The van der Waals surface area contributed by atoms with E-state index in [2.05, 4.69) is 229 Å². The van der Waals surface area contributed by atoms with Crippen LogP contribution in [0.2, 0.25) is 0 Å². The largest absolute Gasteiger partial charge is 0.313 e. The van der Waals surface area contributed by atoms with Crippen LogP contribution in [0.3, 0.4) is 0 Å². The van der Waals surface area contributed by atoms with Crippen LogP contribution in [0.1, 0.15) is 11.3 Å². The van der Waals surface area contributed by atoms with Crippen molar-refractivity contribution in [3.8, 4) is 16.8 Å². The molecule has 10 aromatic rings. The second-order valence-electron chi connectivity index (χ2n) is 15.3. The molecule has 0 radical (unpaired) electrons. The number of anilines is 3. The number of hydrogen-bond acceptors (Lipinski definition) is 2. The summed E-state index contributed by atoms with van der Waals surface area (Å²) in [5.41, 5.74) is 10.8. The third-order valence-corrected chi connectivity index (χ3v) is 18.3. The van der Waals surface area contributed by atoms with E-state index in [0.29, 0.717) is 0 Å². The first-order valence-corrected chi connectivity index (χ1v) is 23.0. The SMILES string of the molecule is C=C/C=C\c1c(C)n(-c2ccccc2)c2cccc(N(c3ccccc3)c3ccc4c(c3)[Si](c3ccccc3)(c3ccccc3)c3ccc5c(sc6ccccc65)c3-4)c12. The van der Waals surface area contributed by atoms with Crippen molar-refractivity contribution in [1.82, 2.24) is 4.57 Å². The lowest BCUT2D eigenvalue weighted by Crippen LogP contribution is -2.72. The topological polar surface area (TPSA) is 8.17 Å². The number of fused-ring (bicyclic) bond motifs is 8. The quantitative estimate of drug-likeness (QED) is 0.110. The highest BCUT2D eigenvalue weighted by Gasteiger charge is 2.49. The minimum atomic E-state index is -2.85. The van der Waals surface area contributed by atoms with E-state index in [1.165, 1.54) is 68.7 Å². The van der Waals surface area contributed by atoms with E-state index in [-0.39, 0.29) is 0 Å². The van der Waals surface area contributed by atoms with Crippen molar-refractivity contribution in [3.05, 3.63) is 224 Å². The van der Waals surface area contributed by atoms with Gasteiger partial charge in [-0.1, -0.05) is 164 Å². The molecule has 59 heavy (non-hydrogen) atoms. The molecule has 0 fully saturated rings. The Morgan fingerprint density at radius 1 is 0.593 bits per heavy atom. The van der Waals surface area contributed by atoms with Gasteiger partial charge < -0.3 is 9.47 Å². The first kappa shape index (κ1) is 35.2. The van der Waals surface area contributed by atoms with E-state index in [1.54, 1.807) is 0 Å². The molecular formula is C55H40N2SSi. The fraction of sp³-hybridized carbons (Fsp3) is 0.0182. The number of rotatable bonds is 8. The summed E-state index contributed by atoms with van der Waals surface area (Å²) in [5.74, 6) is 0. The normalized spacial score (nSPS) is 13.0. The standard InChI is InChI=1S/C55H40N2SSi/c1-3-4-28-44-38(2)56(39-20-9-5-10-21-39)48-30-19-31-49(53(44)48)57(40-22-11-6-12-23-40)41-33-34-47-52(37-41)59(42-24-13-7-14-25-42,43-26-15-8-16-27-43)51-36-35-46-45-29-17-18-32-50(45)58-55(46)54(47)51/h3-37H,1H2,2H3/b28-4-. The number of aromatic nitrogens is 1. The molecule has 0 saturated heterocycles. The second-order valence-corrected chi connectivity index (χ2v) is 20.1. The van der Waals surface area contributed by atoms with Crippen molar-refractivity contribution < 1.29 is 0 Å². The Morgan fingerprint density at radius 3 is 1.97 bits per heavy atom. The number of allylic oxidation sites excluding steroid dienone is 2. The molecule has 0 bridgehead atoms. The van der Waals surface area contributed by atoms with E-state index in [9.17, 15) is 0 Å². The summed E-state index contributed by atoms with van der Waals surface area (Å²) in [7, 11) is -2.85. The molecule has 0 saturated carbocycles. The van der Waals surface area contributed by atoms with Crippen LogP contribution in [-0.2, 0) is 0 Å². The lowest BCUT2D eigenvalue weighted by molar-refractivity contribution is 1.05. The Labute approximate surface area is 349 Å². The van der Waals surface area contributed by atoms with Crippen molar-refractivity contribution in [1.29, 1.82) is 0 Å². The van der Waals surface area contributed by atoms with Gasteiger partial charge in [0, 0.05) is 53.9 Å². The highest BCUT2D eigenvalue weighted by molar-refractivity contribution is 7.28. The van der Waals surface area contributed by atoms with Crippen LogP contribution in [0.15, 0.2) is 213 Å². The average Bonchev–Trinajstić information content (AvgIpc) is 3.92. The smallest absolute Gasteiger partial charge is 0.181 e. The fourth-order valence-corrected chi connectivity index (χ4v) is 16.4. The monoisotopic (exact) mass is 788 g/mol. The lowest BCUT2D eigenvalue weighted by Gasteiger charge is -2.33. The number of para-hydroxylation sites is 2. The first-order chi connectivity index (χ1) is 29.2. The molecule has 1 aliphatic rings. The van der Waals surface area contributed by atoms with Gasteiger partial charge in [-0.3, -0.25) is 0 Å². The Balaban J connectivity index is 1.25. The van der Waals surface area contributed by atoms with Crippen molar-refractivity contribution in [2.75, 3.05) is 4.90 Å². The Bertz CT molecular complexity index is 3200. The van der Waals surface area contributed by atoms with Crippen LogP contribution >= 0.6 is 11.3 Å². The third-order valence-electron chi connectivity index (χ3n) is 12.2. The summed E-state index contributed by atoms with van der Waals surface area (Å²) >= 11 is 1.93. The van der Waals surface area contributed by atoms with Gasteiger partial charge in [-0.2, -0.15) is 0 Å². The molecule has 1 aliphatic heterocycles. The Morgan fingerprint density at radius 2 is 1.25 bits per heavy atom. The van der Waals surface area contributed by atoms with Gasteiger partial charge in [-0.25, -0.2) is 0 Å². The maximum absolute atomic E-state index is 4.05. The molecule has 8 aromatic carbocycles. The van der Waals surface area contributed by atoms with E-state index < -0.39 is 8.07 Å². The van der Waals surface area contributed by atoms with Crippen molar-refractivity contribution in [2.45, 2.75) is 6.92 Å². The van der Waals surface area contributed by atoms with Gasteiger partial charge in [0.05, 0.1) is 11.2 Å². The first-order valence-electron chi connectivity index (χ1n) is 20.2. The van der Waals surface area contributed by atoms with Gasteiger partial charge in [0.1, 0.15) is 0 Å². The zero-order valence-corrected chi connectivity index (χ0v) is 34.5. The third kappa shape index (κ3) is 5.30. The van der Waals surface area contributed by atoms with E-state index in [1.807, 2.05) is 17.4 Å². The van der Waals surface area contributed by atoms with E-state index in [4.69, 9.17) is 0 Å². The predicted molar refractivity (Wildman–Crippen MR) is 257 cm³/mol. The van der Waals surface area contributed by atoms with Crippen LogP contribution < -0.4 is 25.6 Å². The molecule has 0 spiro atoms. The zero-order chi connectivity index (χ0) is 39.5. The molecule has 4 heteroatoms. The van der Waals surface area contributed by atoms with Crippen molar-refractivity contribution in [2.24, 2.45) is 0 Å². The highest BCUT2D eigenvalue weighted by Crippen LogP contribution is 2.46. The van der Waals surface area contributed by atoms with Crippen molar-refractivity contribution >= 4 is 94.4 Å². The van der Waals surface area contributed by atoms with Gasteiger partial charge in [-0.15, -0.1) is 11.3 Å². The molecule has 2 nitrogen and oxygen atoms in total. The summed E-state index contributed by atoms with van der Waals surface area (Å²) in [4.78, 5) is 2.48. The zero-order valence-electron chi connectivity index (χ0n) is 32.7. The number of benzene rings is 8. The minimum Gasteiger partial charge on any atom is -0.313 e. The summed E-state index contributed by atoms with van der Waals surface area (Å²) in [6, 6.07) is 72.2. The molecule has 3 heterocycles. The summed E-state index contributed by atoms with van der Waals surface area (Å²) in [5, 5.41) is 9.53. The maximum Gasteiger partial charge on any atom is 0.181 e. The van der Waals surface area contributed by atoms with Crippen LogP contribution in [0.25, 0.3) is 54.0 Å². The molecule has 11 rings (SSSR count). The molecule has 0 atom stereocenters. The molecule has 280 valence electrons. The van der Waals surface area contributed by atoms with Gasteiger partial charge in [-0.05, 0) is 93.4 Å². The highest BCUT2D eigenvalue weighted by atomic mass is 32.1.